The minimum atomic E-state index is -0.683. The van der Waals surface area contributed by atoms with Crippen LogP contribution in [-0.4, -0.2) is 92.8 Å². The third-order valence-electron chi connectivity index (χ3n) is 14.0. The maximum Gasteiger partial charge on any atom is 0.329 e. The lowest BCUT2D eigenvalue weighted by Crippen LogP contribution is -2.68. The van der Waals surface area contributed by atoms with E-state index in [0.29, 0.717) is 39.5 Å². The van der Waals surface area contributed by atoms with Gasteiger partial charge in [0.15, 0.2) is 17.4 Å². The van der Waals surface area contributed by atoms with Gasteiger partial charge in [-0.15, -0.1) is 0 Å². The molecule has 2 saturated carbocycles. The number of aryl methyl sites for hydroxylation is 1. The number of anilines is 3. The quantitative estimate of drug-likeness (QED) is 0.144. The number of amides is 3. The van der Waals surface area contributed by atoms with Crippen molar-refractivity contribution in [3.63, 3.8) is 0 Å². The number of hydrogen-bond acceptors (Lipinski definition) is 12. The van der Waals surface area contributed by atoms with E-state index in [2.05, 4.69) is 36.0 Å². The Bertz CT molecular complexity index is 2740. The van der Waals surface area contributed by atoms with E-state index in [9.17, 15) is 19.6 Å². The number of fused-ring (bicyclic) bond motifs is 2. The predicted molar refractivity (Wildman–Crippen MR) is 232 cm³/mol. The van der Waals surface area contributed by atoms with Crippen molar-refractivity contribution in [2.24, 2.45) is 17.9 Å². The number of carbonyl (C=O) groups excluding carboxylic acids is 2. The highest BCUT2D eigenvalue weighted by molar-refractivity contribution is 7.98. The number of nitrogens with zero attached hydrogens (tertiary/aromatic N) is 9. The van der Waals surface area contributed by atoms with Crippen LogP contribution < -0.4 is 30.1 Å². The molecule has 2 spiro atoms. The molecular formula is C44H47F2N11O4S. The molecule has 2 aromatic heterocycles. The summed E-state index contributed by atoms with van der Waals surface area (Å²) in [7, 11) is 3.67. The highest BCUT2D eigenvalue weighted by atomic mass is 32.2. The number of imide groups is 1. The van der Waals surface area contributed by atoms with Gasteiger partial charge in [-0.05, 0) is 98.9 Å². The zero-order valence-electron chi connectivity index (χ0n) is 34.8. The van der Waals surface area contributed by atoms with Crippen molar-refractivity contribution in [3.05, 3.63) is 76.3 Å². The molecule has 3 amide bonds. The fourth-order valence-corrected chi connectivity index (χ4v) is 10.9. The van der Waals surface area contributed by atoms with Crippen molar-refractivity contribution in [3.8, 4) is 17.6 Å². The zero-order valence-corrected chi connectivity index (χ0v) is 35.6. The van der Waals surface area contributed by atoms with Gasteiger partial charge in [-0.1, -0.05) is 6.92 Å². The van der Waals surface area contributed by atoms with E-state index in [1.807, 2.05) is 24.3 Å². The van der Waals surface area contributed by atoms with Crippen LogP contribution in [-0.2, 0) is 11.8 Å². The molecule has 5 aromatic rings. The summed E-state index contributed by atoms with van der Waals surface area (Å²) in [5.41, 5.74) is 2.53. The summed E-state index contributed by atoms with van der Waals surface area (Å²) >= 11 is 1.29. The Labute approximate surface area is 360 Å². The average molecular weight is 864 g/mol. The van der Waals surface area contributed by atoms with E-state index in [0.717, 1.165) is 76.8 Å². The zero-order chi connectivity index (χ0) is 43.1. The summed E-state index contributed by atoms with van der Waals surface area (Å²) in [5.74, 6) is -0.988. The molecule has 0 unspecified atom stereocenters. The van der Waals surface area contributed by atoms with Crippen LogP contribution in [0.1, 0.15) is 63.5 Å². The van der Waals surface area contributed by atoms with Crippen LogP contribution in [0.3, 0.4) is 0 Å². The maximum atomic E-state index is 15.7. The largest absolute Gasteiger partial charge is 0.453 e. The maximum absolute atomic E-state index is 15.7. The topological polar surface area (TPSA) is 157 Å². The minimum Gasteiger partial charge on any atom is -0.453 e. The average Bonchev–Trinajstić information content (AvgIpc) is 3.53. The van der Waals surface area contributed by atoms with Crippen molar-refractivity contribution in [1.82, 2.24) is 33.9 Å². The first-order chi connectivity index (χ1) is 29.8. The predicted octanol–water partition coefficient (Wildman–Crippen LogP) is 6.68. The second-order valence-electron chi connectivity index (χ2n) is 17.8. The number of urea groups is 1. The summed E-state index contributed by atoms with van der Waals surface area (Å²) in [6.45, 7) is 6.52. The summed E-state index contributed by atoms with van der Waals surface area (Å²) in [4.78, 5) is 48.8. The van der Waals surface area contributed by atoms with E-state index in [4.69, 9.17) is 4.74 Å². The molecule has 5 heterocycles. The number of likely N-dealkylation sites (tertiary alicyclic amines) is 1. The van der Waals surface area contributed by atoms with Crippen LogP contribution in [0, 0.1) is 33.8 Å². The van der Waals surface area contributed by atoms with Crippen molar-refractivity contribution in [2.75, 3.05) is 60.8 Å². The Hall–Kier alpha value is -5.77. The lowest BCUT2D eigenvalue weighted by atomic mass is 9.55. The second kappa shape index (κ2) is 15.2. The molecule has 15 nitrogen and oxygen atoms in total. The third kappa shape index (κ3) is 6.90. The van der Waals surface area contributed by atoms with E-state index >= 15 is 8.78 Å². The number of carbonyl (C=O) groups is 2. The van der Waals surface area contributed by atoms with Crippen LogP contribution in [0.4, 0.5) is 30.8 Å². The molecular weight excluding hydrogens is 817 g/mol. The van der Waals surface area contributed by atoms with Gasteiger partial charge >= 0.3 is 6.03 Å². The van der Waals surface area contributed by atoms with Crippen LogP contribution in [0.15, 0.2) is 53.6 Å². The number of ether oxygens (including phenoxy) is 1. The second-order valence-corrected chi connectivity index (χ2v) is 18.8. The molecule has 0 bridgehead atoms. The van der Waals surface area contributed by atoms with Crippen LogP contribution in [0.5, 0.6) is 11.5 Å². The van der Waals surface area contributed by atoms with E-state index in [-0.39, 0.29) is 64.2 Å². The van der Waals surface area contributed by atoms with Crippen LogP contribution >= 0.6 is 12.1 Å². The molecule has 18 heteroatoms. The summed E-state index contributed by atoms with van der Waals surface area (Å²) in [6, 6.07) is 13.0. The molecule has 2 N–H and O–H groups in total. The molecule has 5 aliphatic rings. The normalized spacial score (nSPS) is 21.0. The first-order valence-electron chi connectivity index (χ1n) is 21.2. The van der Waals surface area contributed by atoms with E-state index in [1.54, 1.807) is 40.8 Å². The van der Waals surface area contributed by atoms with Gasteiger partial charge in [0, 0.05) is 82.3 Å². The Morgan fingerprint density at radius 1 is 0.984 bits per heavy atom. The van der Waals surface area contributed by atoms with Gasteiger partial charge in [-0.3, -0.25) is 34.0 Å². The fraction of sp³-hybridized carbons (Fsp3) is 0.455. The molecule has 0 atom stereocenters. The van der Waals surface area contributed by atoms with Crippen molar-refractivity contribution < 1.29 is 23.1 Å². The summed E-state index contributed by atoms with van der Waals surface area (Å²) < 4.78 is 45.1. The monoisotopic (exact) mass is 863 g/mol. The van der Waals surface area contributed by atoms with Gasteiger partial charge in [0.1, 0.15) is 23.2 Å². The standard InChI is InChI=1S/C44H47F2N11O4S/c1-4-52(2)62-51-35-8-6-32(45)39(31(35)22-47)61-28-5-7-34-29(15-28)41(59)57(25-48-34)27-20-44(21-27)23-55(24-44)26-18-43(19-26)10-13-54(14-11-43)37-17-36-30(16-33(37)46)40(50-53(36)3)56-12-9-38(58)49-42(56)60/h5-8,15-17,25-27,51H,4,9-14,18-21,23-24H2,1-3H3,(H,49,58,60). The lowest BCUT2D eigenvalue weighted by Gasteiger charge is -2.65. The Morgan fingerprint density at radius 3 is 2.47 bits per heavy atom. The van der Waals surface area contributed by atoms with Crippen LogP contribution in [0.25, 0.3) is 21.8 Å². The number of halogens is 2. The lowest BCUT2D eigenvalue weighted by molar-refractivity contribution is -0.148. The third-order valence-corrected chi connectivity index (χ3v) is 14.9. The summed E-state index contributed by atoms with van der Waals surface area (Å²) in [6.07, 6.45) is 7.88. The number of nitriles is 1. The SMILES string of the molecule is CCN(C)SNc1ccc(F)c(Oc2ccc3ncn(C4CC5(C4)CN(C4CC6(CCN(c7cc8c(cc7F)c(N7CCC(=O)NC7=O)nn8C)CC6)C4)C5)c(=O)c3c2)c1C#N. The molecule has 3 saturated heterocycles. The Kier molecular flexibility index (Phi) is 9.91. The molecule has 2 aliphatic carbocycles. The highest BCUT2D eigenvalue weighted by Gasteiger charge is 2.58. The van der Waals surface area contributed by atoms with Gasteiger partial charge in [0.2, 0.25) is 5.91 Å². The number of benzene rings is 3. The smallest absolute Gasteiger partial charge is 0.329 e. The van der Waals surface area contributed by atoms with Gasteiger partial charge < -0.3 is 14.4 Å². The molecule has 5 fully saturated rings. The number of hydrogen-bond donors (Lipinski definition) is 2. The first kappa shape index (κ1) is 40.3. The van der Waals surface area contributed by atoms with Gasteiger partial charge in [-0.2, -0.15) is 10.4 Å². The van der Waals surface area contributed by atoms with Gasteiger partial charge in [0.25, 0.3) is 5.56 Å². The Balaban J connectivity index is 0.738. The highest BCUT2D eigenvalue weighted by Crippen LogP contribution is 2.59. The van der Waals surface area contributed by atoms with E-state index in [1.165, 1.54) is 35.2 Å². The number of nitrogens with one attached hydrogen (secondary N) is 2. The van der Waals surface area contributed by atoms with Gasteiger partial charge in [-0.25, -0.2) is 22.9 Å². The molecule has 322 valence electrons. The summed E-state index contributed by atoms with van der Waals surface area (Å²) in [5, 5.41) is 17.7. The van der Waals surface area contributed by atoms with Gasteiger partial charge in [0.05, 0.1) is 34.1 Å². The molecule has 3 aliphatic heterocycles. The number of piperidine rings is 1. The Morgan fingerprint density at radius 2 is 1.74 bits per heavy atom. The molecule has 10 rings (SSSR count). The fourth-order valence-electron chi connectivity index (χ4n) is 10.4. The minimum absolute atomic E-state index is 0.0266. The van der Waals surface area contributed by atoms with Crippen molar-refractivity contribution in [2.45, 2.75) is 64.0 Å². The van der Waals surface area contributed by atoms with Crippen LogP contribution in [0.2, 0.25) is 0 Å². The molecule has 3 aromatic carbocycles. The molecule has 0 radical (unpaired) electrons. The van der Waals surface area contributed by atoms with Crippen molar-refractivity contribution >= 4 is 63.1 Å². The number of aromatic nitrogens is 4. The first-order valence-corrected chi connectivity index (χ1v) is 21.9. The molecule has 62 heavy (non-hydrogen) atoms. The van der Waals surface area contributed by atoms with E-state index < -0.39 is 11.8 Å². The number of rotatable bonds is 10. The van der Waals surface area contributed by atoms with Crippen molar-refractivity contribution in [1.29, 1.82) is 5.26 Å².